The fourth-order valence-electron chi connectivity index (χ4n) is 3.63. The number of likely N-dealkylation sites (tertiary alicyclic amines) is 1. The van der Waals surface area contributed by atoms with Crippen LogP contribution >= 0.6 is 0 Å². The highest BCUT2D eigenvalue weighted by molar-refractivity contribution is 5.81. The summed E-state index contributed by atoms with van der Waals surface area (Å²) in [5.41, 5.74) is 2.30. The summed E-state index contributed by atoms with van der Waals surface area (Å²) in [6.45, 7) is 10.7. The van der Waals surface area contributed by atoms with Crippen LogP contribution in [0, 0.1) is 25.2 Å². The number of carbonyl (C=O) groups excluding carboxylic acids is 1. The molecule has 2 aliphatic heterocycles. The van der Waals surface area contributed by atoms with Crippen molar-refractivity contribution in [2.24, 2.45) is 0 Å². The average molecular weight is 342 g/mol. The number of piperazine rings is 1. The van der Waals surface area contributed by atoms with Crippen LogP contribution in [0.4, 0.5) is 5.82 Å². The number of rotatable bonds is 3. The van der Waals surface area contributed by atoms with E-state index in [-0.39, 0.29) is 11.9 Å². The molecule has 25 heavy (non-hydrogen) atoms. The molecule has 0 aromatic carbocycles. The predicted octanol–water partition coefficient (Wildman–Crippen LogP) is 1.10. The van der Waals surface area contributed by atoms with E-state index in [4.69, 9.17) is 0 Å². The monoisotopic (exact) mass is 342 g/mol. The molecule has 0 aliphatic carbocycles. The van der Waals surface area contributed by atoms with E-state index in [1.54, 1.807) is 0 Å². The number of nitrogens with zero attached hydrogens (tertiary/aromatic N) is 6. The molecule has 134 valence electrons. The van der Waals surface area contributed by atoms with E-state index < -0.39 is 0 Å². The number of anilines is 1. The maximum Gasteiger partial charge on any atom is 0.239 e. The minimum Gasteiger partial charge on any atom is -0.351 e. The van der Waals surface area contributed by atoms with Gasteiger partial charge < -0.3 is 9.80 Å². The van der Waals surface area contributed by atoms with Gasteiger partial charge in [0.1, 0.15) is 11.6 Å². The lowest BCUT2D eigenvalue weighted by atomic mass is 10.1. The molecular weight excluding hydrogens is 316 g/mol. The van der Waals surface area contributed by atoms with Gasteiger partial charge in [-0.2, -0.15) is 10.4 Å². The van der Waals surface area contributed by atoms with Gasteiger partial charge in [0.15, 0.2) is 5.82 Å². The second-order valence-corrected chi connectivity index (χ2v) is 6.95. The van der Waals surface area contributed by atoms with Gasteiger partial charge in [-0.3, -0.25) is 9.69 Å². The van der Waals surface area contributed by atoms with E-state index in [1.165, 1.54) is 0 Å². The van der Waals surface area contributed by atoms with Crippen molar-refractivity contribution in [3.63, 3.8) is 0 Å². The Morgan fingerprint density at radius 1 is 1.08 bits per heavy atom. The average Bonchev–Trinajstić information content (AvgIpc) is 3.17. The smallest absolute Gasteiger partial charge is 0.239 e. The number of hydrogen-bond acceptors (Lipinski definition) is 6. The van der Waals surface area contributed by atoms with Gasteiger partial charge in [0.05, 0.1) is 11.7 Å². The normalized spacial score (nSPS) is 19.8. The van der Waals surface area contributed by atoms with E-state index >= 15 is 0 Å². The molecule has 1 atom stereocenters. The Labute approximate surface area is 149 Å². The molecule has 0 radical (unpaired) electrons. The standard InChI is InChI=1S/C18H26N6O/c1-13-14(2)20-21-17(16(13)12-19)23-10-8-22(9-11-23)15(3)18(25)24-6-4-5-7-24/h15H,4-11H2,1-3H3. The first-order valence-corrected chi connectivity index (χ1v) is 9.04. The van der Waals surface area contributed by atoms with Crippen molar-refractivity contribution in [3.05, 3.63) is 16.8 Å². The summed E-state index contributed by atoms with van der Waals surface area (Å²) in [5, 5.41) is 17.9. The number of amides is 1. The molecule has 7 nitrogen and oxygen atoms in total. The van der Waals surface area contributed by atoms with Gasteiger partial charge in [-0.15, -0.1) is 5.10 Å². The van der Waals surface area contributed by atoms with Crippen molar-refractivity contribution in [2.45, 2.75) is 39.7 Å². The van der Waals surface area contributed by atoms with Gasteiger partial charge in [0.2, 0.25) is 5.91 Å². The summed E-state index contributed by atoms with van der Waals surface area (Å²) in [4.78, 5) is 18.9. The van der Waals surface area contributed by atoms with Crippen LogP contribution in [-0.2, 0) is 4.79 Å². The SMILES string of the molecule is Cc1nnc(N2CCN(C(C)C(=O)N3CCCC3)CC2)c(C#N)c1C. The molecular formula is C18H26N6O. The van der Waals surface area contributed by atoms with Crippen LogP contribution in [-0.4, -0.2) is 71.2 Å². The van der Waals surface area contributed by atoms with Gasteiger partial charge in [0, 0.05) is 39.3 Å². The van der Waals surface area contributed by atoms with Gasteiger partial charge in [-0.25, -0.2) is 0 Å². The third-order valence-corrected chi connectivity index (χ3v) is 5.48. The molecule has 2 saturated heterocycles. The molecule has 1 unspecified atom stereocenters. The molecule has 1 aromatic heterocycles. The van der Waals surface area contributed by atoms with Crippen LogP contribution in [0.2, 0.25) is 0 Å². The Hall–Kier alpha value is -2.20. The first-order chi connectivity index (χ1) is 12.0. The molecule has 0 N–H and O–H groups in total. The third-order valence-electron chi connectivity index (χ3n) is 5.48. The number of aromatic nitrogens is 2. The lowest BCUT2D eigenvalue weighted by molar-refractivity contribution is -0.135. The topological polar surface area (TPSA) is 76.4 Å². The summed E-state index contributed by atoms with van der Waals surface area (Å²) in [5.74, 6) is 0.915. The number of nitriles is 1. The Morgan fingerprint density at radius 3 is 2.32 bits per heavy atom. The summed E-state index contributed by atoms with van der Waals surface area (Å²) in [6, 6.07) is 2.19. The van der Waals surface area contributed by atoms with Crippen LogP contribution in [0.25, 0.3) is 0 Å². The van der Waals surface area contributed by atoms with Crippen LogP contribution in [0.15, 0.2) is 0 Å². The highest BCUT2D eigenvalue weighted by Crippen LogP contribution is 2.23. The third kappa shape index (κ3) is 3.45. The van der Waals surface area contributed by atoms with E-state index in [9.17, 15) is 10.1 Å². The van der Waals surface area contributed by atoms with Gasteiger partial charge >= 0.3 is 0 Å². The fourth-order valence-corrected chi connectivity index (χ4v) is 3.63. The van der Waals surface area contributed by atoms with Gasteiger partial charge in [-0.1, -0.05) is 0 Å². The highest BCUT2D eigenvalue weighted by atomic mass is 16.2. The molecule has 2 aliphatic rings. The minimum atomic E-state index is -0.0819. The number of carbonyl (C=O) groups is 1. The number of hydrogen-bond donors (Lipinski definition) is 0. The zero-order chi connectivity index (χ0) is 18.0. The Morgan fingerprint density at radius 2 is 1.72 bits per heavy atom. The van der Waals surface area contributed by atoms with E-state index in [0.29, 0.717) is 11.4 Å². The second kappa shape index (κ2) is 7.36. The van der Waals surface area contributed by atoms with Crippen molar-refractivity contribution in [3.8, 4) is 6.07 Å². The van der Waals surface area contributed by atoms with Crippen LogP contribution < -0.4 is 4.90 Å². The largest absolute Gasteiger partial charge is 0.351 e. The molecule has 0 saturated carbocycles. The van der Waals surface area contributed by atoms with E-state index in [2.05, 4.69) is 26.1 Å². The highest BCUT2D eigenvalue weighted by Gasteiger charge is 2.31. The first kappa shape index (κ1) is 17.6. The molecule has 0 bridgehead atoms. The Balaban J connectivity index is 1.65. The zero-order valence-electron chi connectivity index (χ0n) is 15.3. The van der Waals surface area contributed by atoms with Gasteiger partial charge in [0.25, 0.3) is 0 Å². The molecule has 3 rings (SSSR count). The van der Waals surface area contributed by atoms with Crippen molar-refractivity contribution >= 4 is 11.7 Å². The summed E-state index contributed by atoms with van der Waals surface area (Å²) in [7, 11) is 0. The predicted molar refractivity (Wildman–Crippen MR) is 95.3 cm³/mol. The van der Waals surface area contributed by atoms with Gasteiger partial charge in [-0.05, 0) is 39.2 Å². The quantitative estimate of drug-likeness (QED) is 0.819. The summed E-state index contributed by atoms with van der Waals surface area (Å²) < 4.78 is 0. The number of aryl methyl sites for hydroxylation is 1. The lowest BCUT2D eigenvalue weighted by Crippen LogP contribution is -2.54. The van der Waals surface area contributed by atoms with Crippen molar-refractivity contribution < 1.29 is 4.79 Å². The molecule has 1 amide bonds. The molecule has 2 fully saturated rings. The first-order valence-electron chi connectivity index (χ1n) is 9.04. The van der Waals surface area contributed by atoms with E-state index in [0.717, 1.165) is 63.4 Å². The van der Waals surface area contributed by atoms with Crippen molar-refractivity contribution in [1.29, 1.82) is 5.26 Å². The summed E-state index contributed by atoms with van der Waals surface area (Å²) in [6.07, 6.45) is 2.24. The molecule has 3 heterocycles. The second-order valence-electron chi connectivity index (χ2n) is 6.95. The van der Waals surface area contributed by atoms with Crippen LogP contribution in [0.1, 0.15) is 36.6 Å². The van der Waals surface area contributed by atoms with Crippen molar-refractivity contribution in [1.82, 2.24) is 20.0 Å². The molecule has 1 aromatic rings. The molecule has 0 spiro atoms. The maximum absolute atomic E-state index is 12.6. The fraction of sp³-hybridized carbons (Fsp3) is 0.667. The zero-order valence-corrected chi connectivity index (χ0v) is 15.3. The van der Waals surface area contributed by atoms with Crippen molar-refractivity contribution in [2.75, 3.05) is 44.2 Å². The molecule has 7 heteroatoms. The summed E-state index contributed by atoms with van der Waals surface area (Å²) >= 11 is 0. The Kier molecular flexibility index (Phi) is 5.19. The lowest BCUT2D eigenvalue weighted by Gasteiger charge is -2.39. The minimum absolute atomic E-state index is 0.0819. The Bertz CT molecular complexity index is 684. The maximum atomic E-state index is 12.6. The van der Waals surface area contributed by atoms with E-state index in [1.807, 2.05) is 25.7 Å². The van der Waals surface area contributed by atoms with Crippen LogP contribution in [0.3, 0.4) is 0 Å². The van der Waals surface area contributed by atoms with Crippen LogP contribution in [0.5, 0.6) is 0 Å².